The molecule has 1 amide bonds. The van der Waals surface area contributed by atoms with Crippen LogP contribution in [0.25, 0.3) is 0 Å². The van der Waals surface area contributed by atoms with E-state index in [0.717, 1.165) is 36.5 Å². The maximum absolute atomic E-state index is 11.9. The fraction of sp³-hybridized carbons (Fsp3) is 0.533. The third-order valence-corrected chi connectivity index (χ3v) is 3.57. The van der Waals surface area contributed by atoms with Gasteiger partial charge >= 0.3 is 0 Å². The van der Waals surface area contributed by atoms with Crippen LogP contribution < -0.4 is 15.4 Å². The molecule has 1 unspecified atom stereocenters. The van der Waals surface area contributed by atoms with Gasteiger partial charge in [-0.05, 0) is 56.5 Å². The Morgan fingerprint density at radius 3 is 2.95 bits per heavy atom. The van der Waals surface area contributed by atoms with E-state index < -0.39 is 0 Å². The molecule has 1 aromatic carbocycles. The van der Waals surface area contributed by atoms with Crippen molar-refractivity contribution in [1.82, 2.24) is 5.32 Å². The highest BCUT2D eigenvalue weighted by atomic mass is 35.5. The number of hydrogen-bond donors (Lipinski definition) is 2. The van der Waals surface area contributed by atoms with Crippen LogP contribution in [0.15, 0.2) is 18.2 Å². The summed E-state index contributed by atoms with van der Waals surface area (Å²) in [5.41, 5.74) is 1.87. The summed E-state index contributed by atoms with van der Waals surface area (Å²) in [6, 6.07) is 5.79. The van der Waals surface area contributed by atoms with Crippen LogP contribution in [0, 0.1) is 12.8 Å². The van der Waals surface area contributed by atoms with Crippen molar-refractivity contribution >= 4 is 24.0 Å². The number of ether oxygens (including phenoxy) is 1. The Balaban J connectivity index is 0.00000200. The van der Waals surface area contributed by atoms with E-state index in [1.807, 2.05) is 25.1 Å². The molecule has 0 bridgehead atoms. The number of halogens is 1. The summed E-state index contributed by atoms with van der Waals surface area (Å²) in [5, 5.41) is 6.25. The molecule has 0 spiro atoms. The number of hydrogen-bond acceptors (Lipinski definition) is 3. The Morgan fingerprint density at radius 2 is 2.30 bits per heavy atom. The van der Waals surface area contributed by atoms with Crippen molar-refractivity contribution in [2.24, 2.45) is 5.92 Å². The van der Waals surface area contributed by atoms with Gasteiger partial charge in [0.15, 0.2) is 0 Å². The molecule has 2 N–H and O–H groups in total. The summed E-state index contributed by atoms with van der Waals surface area (Å²) in [6.07, 6.45) is 2.71. The minimum Gasteiger partial charge on any atom is -0.495 e. The standard InChI is InChI=1S/C15H22N2O2.ClH/c1-11-3-5-13(14(9-11)19-2)17-15(18)6-4-12-7-8-16-10-12;/h3,5,9,12,16H,4,6-8,10H2,1-2H3,(H,17,18);1H. The highest BCUT2D eigenvalue weighted by molar-refractivity contribution is 5.92. The second-order valence-corrected chi connectivity index (χ2v) is 5.15. The number of aryl methyl sites for hydroxylation is 1. The minimum atomic E-state index is 0. The van der Waals surface area contributed by atoms with Crippen molar-refractivity contribution in [3.8, 4) is 5.75 Å². The maximum Gasteiger partial charge on any atom is 0.224 e. The molecule has 0 aliphatic carbocycles. The third kappa shape index (κ3) is 4.69. The van der Waals surface area contributed by atoms with Gasteiger partial charge in [-0.25, -0.2) is 0 Å². The predicted molar refractivity (Wildman–Crippen MR) is 83.8 cm³/mol. The first-order chi connectivity index (χ1) is 9.19. The lowest BCUT2D eigenvalue weighted by Gasteiger charge is -2.12. The molecular formula is C15H23ClN2O2. The maximum atomic E-state index is 11.9. The van der Waals surface area contributed by atoms with Crippen LogP contribution in [0.5, 0.6) is 5.75 Å². The highest BCUT2D eigenvalue weighted by Crippen LogP contribution is 2.25. The zero-order valence-corrected chi connectivity index (χ0v) is 12.9. The average molecular weight is 299 g/mol. The van der Waals surface area contributed by atoms with Crippen molar-refractivity contribution in [2.75, 3.05) is 25.5 Å². The molecule has 0 aromatic heterocycles. The van der Waals surface area contributed by atoms with Crippen LogP contribution >= 0.6 is 12.4 Å². The van der Waals surface area contributed by atoms with Crippen LogP contribution in [0.4, 0.5) is 5.69 Å². The van der Waals surface area contributed by atoms with Gasteiger partial charge in [0.25, 0.3) is 0 Å². The summed E-state index contributed by atoms with van der Waals surface area (Å²) in [5.74, 6) is 1.43. The van der Waals surface area contributed by atoms with Crippen LogP contribution in [-0.2, 0) is 4.79 Å². The fourth-order valence-corrected chi connectivity index (χ4v) is 2.41. The molecule has 5 heteroatoms. The highest BCUT2D eigenvalue weighted by Gasteiger charge is 2.16. The second-order valence-electron chi connectivity index (χ2n) is 5.15. The zero-order valence-electron chi connectivity index (χ0n) is 12.1. The lowest BCUT2D eigenvalue weighted by Crippen LogP contribution is -2.15. The van der Waals surface area contributed by atoms with Gasteiger partial charge < -0.3 is 15.4 Å². The lowest BCUT2D eigenvalue weighted by molar-refractivity contribution is -0.116. The Kier molecular flexibility index (Phi) is 6.82. The first kappa shape index (κ1) is 16.8. The molecule has 0 saturated carbocycles. The third-order valence-electron chi connectivity index (χ3n) is 3.57. The van der Waals surface area contributed by atoms with Crippen LogP contribution in [-0.4, -0.2) is 26.1 Å². The SMILES string of the molecule is COc1cc(C)ccc1NC(=O)CCC1CCNC1.Cl. The van der Waals surface area contributed by atoms with E-state index in [1.165, 1.54) is 6.42 Å². The Hall–Kier alpha value is -1.26. The summed E-state index contributed by atoms with van der Waals surface area (Å²) in [6.45, 7) is 4.13. The molecular weight excluding hydrogens is 276 g/mol. The van der Waals surface area contributed by atoms with E-state index in [2.05, 4.69) is 10.6 Å². The average Bonchev–Trinajstić information content (AvgIpc) is 2.91. The van der Waals surface area contributed by atoms with Crippen LogP contribution in [0.3, 0.4) is 0 Å². The molecule has 20 heavy (non-hydrogen) atoms. The predicted octanol–water partition coefficient (Wildman–Crippen LogP) is 2.75. The molecule has 112 valence electrons. The van der Waals surface area contributed by atoms with Gasteiger partial charge in [-0.2, -0.15) is 0 Å². The van der Waals surface area contributed by atoms with E-state index in [1.54, 1.807) is 7.11 Å². The number of amides is 1. The molecule has 1 aliphatic rings. The molecule has 4 nitrogen and oxygen atoms in total. The van der Waals surface area contributed by atoms with E-state index in [-0.39, 0.29) is 18.3 Å². The normalized spacial score (nSPS) is 17.4. The van der Waals surface area contributed by atoms with E-state index in [0.29, 0.717) is 12.3 Å². The van der Waals surface area contributed by atoms with Crippen molar-refractivity contribution in [3.63, 3.8) is 0 Å². The molecule has 1 heterocycles. The van der Waals surface area contributed by atoms with Crippen molar-refractivity contribution < 1.29 is 9.53 Å². The summed E-state index contributed by atoms with van der Waals surface area (Å²) in [4.78, 5) is 11.9. The first-order valence-electron chi connectivity index (χ1n) is 6.84. The monoisotopic (exact) mass is 298 g/mol. The Morgan fingerprint density at radius 1 is 1.50 bits per heavy atom. The van der Waals surface area contributed by atoms with Gasteiger partial charge in [0.2, 0.25) is 5.91 Å². The molecule has 1 fully saturated rings. The van der Waals surface area contributed by atoms with Crippen molar-refractivity contribution in [2.45, 2.75) is 26.2 Å². The summed E-state index contributed by atoms with van der Waals surface area (Å²) in [7, 11) is 1.62. The number of methoxy groups -OCH3 is 1. The van der Waals surface area contributed by atoms with Crippen LogP contribution in [0.2, 0.25) is 0 Å². The second kappa shape index (κ2) is 8.12. The molecule has 1 atom stereocenters. The van der Waals surface area contributed by atoms with E-state index in [4.69, 9.17) is 4.74 Å². The Labute approximate surface area is 126 Å². The summed E-state index contributed by atoms with van der Waals surface area (Å²) >= 11 is 0. The molecule has 1 saturated heterocycles. The minimum absolute atomic E-state index is 0. The van der Waals surface area contributed by atoms with Gasteiger partial charge in [-0.1, -0.05) is 6.07 Å². The van der Waals surface area contributed by atoms with E-state index in [9.17, 15) is 4.79 Å². The topological polar surface area (TPSA) is 50.4 Å². The molecule has 0 radical (unpaired) electrons. The van der Waals surface area contributed by atoms with Crippen LogP contribution in [0.1, 0.15) is 24.8 Å². The number of anilines is 1. The van der Waals surface area contributed by atoms with Crippen molar-refractivity contribution in [1.29, 1.82) is 0 Å². The number of nitrogens with one attached hydrogen (secondary N) is 2. The molecule has 2 rings (SSSR count). The smallest absolute Gasteiger partial charge is 0.224 e. The van der Waals surface area contributed by atoms with Gasteiger partial charge in [0, 0.05) is 6.42 Å². The first-order valence-corrected chi connectivity index (χ1v) is 6.84. The Bertz CT molecular complexity index is 445. The fourth-order valence-electron chi connectivity index (χ4n) is 2.41. The number of carbonyl (C=O) groups is 1. The summed E-state index contributed by atoms with van der Waals surface area (Å²) < 4.78 is 5.28. The number of rotatable bonds is 5. The van der Waals surface area contributed by atoms with Gasteiger partial charge in [0.1, 0.15) is 5.75 Å². The lowest BCUT2D eigenvalue weighted by atomic mass is 10.0. The van der Waals surface area contributed by atoms with E-state index >= 15 is 0 Å². The van der Waals surface area contributed by atoms with Gasteiger partial charge in [-0.3, -0.25) is 4.79 Å². The van der Waals surface area contributed by atoms with Crippen molar-refractivity contribution in [3.05, 3.63) is 23.8 Å². The van der Waals surface area contributed by atoms with Gasteiger partial charge in [-0.15, -0.1) is 12.4 Å². The zero-order chi connectivity index (χ0) is 13.7. The number of carbonyl (C=O) groups excluding carboxylic acids is 1. The number of benzene rings is 1. The molecule has 1 aromatic rings. The quantitative estimate of drug-likeness (QED) is 0.879. The largest absolute Gasteiger partial charge is 0.495 e. The molecule has 1 aliphatic heterocycles. The van der Waals surface area contributed by atoms with Gasteiger partial charge in [0.05, 0.1) is 12.8 Å².